The number of rotatable bonds is 2. The lowest BCUT2D eigenvalue weighted by atomic mass is 10.1. The monoisotopic (exact) mass is 289 g/mol. The van der Waals surface area contributed by atoms with E-state index in [0.717, 1.165) is 11.3 Å². The van der Waals surface area contributed by atoms with Gasteiger partial charge in [-0.2, -0.15) is 0 Å². The van der Waals surface area contributed by atoms with Gasteiger partial charge in [0.2, 0.25) is 0 Å². The van der Waals surface area contributed by atoms with Gasteiger partial charge in [0, 0.05) is 5.69 Å². The number of hydrogen-bond acceptors (Lipinski definition) is 3. The molecule has 6 heteroatoms. The van der Waals surface area contributed by atoms with Gasteiger partial charge in [-0.3, -0.25) is 15.6 Å². The highest BCUT2D eigenvalue weighted by atomic mass is 32.1. The molecule has 0 aliphatic carbocycles. The summed E-state index contributed by atoms with van der Waals surface area (Å²) in [5.74, 6) is -0.175. The molecule has 0 fully saturated rings. The first-order valence-electron chi connectivity index (χ1n) is 6.04. The zero-order valence-electron chi connectivity index (χ0n) is 11.2. The molecule has 1 amide bonds. The molecule has 2 rings (SSSR count). The van der Waals surface area contributed by atoms with Crippen LogP contribution in [0.15, 0.2) is 41.0 Å². The number of benzene rings is 1. The van der Waals surface area contributed by atoms with Crippen molar-refractivity contribution in [2.45, 2.75) is 13.8 Å². The Balaban J connectivity index is 1.86. The quantitative estimate of drug-likeness (QED) is 0.585. The Morgan fingerprint density at radius 1 is 1.15 bits per heavy atom. The van der Waals surface area contributed by atoms with Crippen LogP contribution in [0.2, 0.25) is 0 Å². The first-order valence-corrected chi connectivity index (χ1v) is 6.45. The Hall–Kier alpha value is -2.34. The van der Waals surface area contributed by atoms with E-state index in [1.807, 2.05) is 32.0 Å². The number of carbonyl (C=O) groups excluding carboxylic acids is 1. The van der Waals surface area contributed by atoms with Crippen LogP contribution in [-0.2, 0) is 0 Å². The summed E-state index contributed by atoms with van der Waals surface area (Å²) in [5, 5.41) is 3.28. The van der Waals surface area contributed by atoms with Gasteiger partial charge in [-0.25, -0.2) is 0 Å². The summed E-state index contributed by atoms with van der Waals surface area (Å²) in [4.78, 5) is 11.6. The van der Waals surface area contributed by atoms with Crippen molar-refractivity contribution in [2.24, 2.45) is 0 Å². The smallest absolute Gasteiger partial charge is 0.305 e. The maximum absolute atomic E-state index is 11.6. The van der Waals surface area contributed by atoms with Crippen molar-refractivity contribution >= 4 is 28.9 Å². The summed E-state index contributed by atoms with van der Waals surface area (Å²) in [7, 11) is 0. The lowest BCUT2D eigenvalue weighted by Gasteiger charge is -2.12. The second kappa shape index (κ2) is 6.21. The number of amides is 1. The van der Waals surface area contributed by atoms with Crippen molar-refractivity contribution < 1.29 is 9.21 Å². The molecule has 5 nitrogen and oxygen atoms in total. The van der Waals surface area contributed by atoms with E-state index in [0.29, 0.717) is 5.11 Å². The molecule has 0 saturated carbocycles. The molecule has 1 aromatic heterocycles. The number of furan rings is 1. The number of aryl methyl sites for hydroxylation is 2. The van der Waals surface area contributed by atoms with Crippen molar-refractivity contribution in [3.05, 3.63) is 53.5 Å². The average molecular weight is 289 g/mol. The molecule has 0 unspecified atom stereocenters. The fourth-order valence-corrected chi connectivity index (χ4v) is 1.73. The van der Waals surface area contributed by atoms with E-state index >= 15 is 0 Å². The molecule has 1 heterocycles. The minimum absolute atomic E-state index is 0.214. The lowest BCUT2D eigenvalue weighted by Crippen LogP contribution is -2.43. The van der Waals surface area contributed by atoms with Crippen LogP contribution in [0.4, 0.5) is 5.69 Å². The van der Waals surface area contributed by atoms with Crippen LogP contribution in [0.25, 0.3) is 0 Å². The third-order valence-electron chi connectivity index (χ3n) is 2.80. The second-order valence-electron chi connectivity index (χ2n) is 4.31. The van der Waals surface area contributed by atoms with Gasteiger partial charge in [0.05, 0.1) is 6.26 Å². The molecule has 20 heavy (non-hydrogen) atoms. The van der Waals surface area contributed by atoms with Gasteiger partial charge in [-0.1, -0.05) is 6.07 Å². The minimum atomic E-state index is -0.390. The summed E-state index contributed by atoms with van der Waals surface area (Å²) in [5.41, 5.74) is 8.29. The maximum Gasteiger partial charge on any atom is 0.305 e. The average Bonchev–Trinajstić information content (AvgIpc) is 2.94. The van der Waals surface area contributed by atoms with Crippen LogP contribution in [0.5, 0.6) is 0 Å². The van der Waals surface area contributed by atoms with Crippen molar-refractivity contribution in [3.8, 4) is 0 Å². The van der Waals surface area contributed by atoms with E-state index in [-0.39, 0.29) is 11.7 Å². The maximum atomic E-state index is 11.6. The third-order valence-corrected chi connectivity index (χ3v) is 3.00. The first kappa shape index (κ1) is 14.1. The molecule has 2 aromatic rings. The molecule has 3 N–H and O–H groups in total. The second-order valence-corrected chi connectivity index (χ2v) is 4.72. The van der Waals surface area contributed by atoms with Gasteiger partial charge in [-0.15, -0.1) is 0 Å². The van der Waals surface area contributed by atoms with Crippen molar-refractivity contribution in [3.63, 3.8) is 0 Å². The van der Waals surface area contributed by atoms with Gasteiger partial charge >= 0.3 is 5.91 Å². The fraction of sp³-hybridized carbons (Fsp3) is 0.143. The molecule has 0 bridgehead atoms. The Morgan fingerprint density at radius 2 is 1.95 bits per heavy atom. The fourth-order valence-electron chi connectivity index (χ4n) is 1.56. The number of hydrazine groups is 1. The van der Waals surface area contributed by atoms with Crippen molar-refractivity contribution in [2.75, 3.05) is 5.32 Å². The molecule has 0 saturated heterocycles. The Bertz CT molecular complexity index is 623. The summed E-state index contributed by atoms with van der Waals surface area (Å²) in [6.45, 7) is 4.06. The third kappa shape index (κ3) is 3.58. The molecule has 0 atom stereocenters. The zero-order valence-corrected chi connectivity index (χ0v) is 12.0. The van der Waals surface area contributed by atoms with E-state index in [2.05, 4.69) is 16.2 Å². The molecule has 0 aliphatic heterocycles. The highest BCUT2D eigenvalue weighted by molar-refractivity contribution is 7.80. The molecule has 104 valence electrons. The van der Waals surface area contributed by atoms with Gasteiger partial charge in [0.25, 0.3) is 0 Å². The van der Waals surface area contributed by atoms with Crippen LogP contribution in [0.1, 0.15) is 21.7 Å². The lowest BCUT2D eigenvalue weighted by molar-refractivity contribution is 0.0916. The van der Waals surface area contributed by atoms with E-state index in [4.69, 9.17) is 16.6 Å². The Morgan fingerprint density at radius 3 is 2.60 bits per heavy atom. The van der Waals surface area contributed by atoms with E-state index < -0.39 is 0 Å². The Kier molecular flexibility index (Phi) is 4.37. The van der Waals surface area contributed by atoms with Crippen molar-refractivity contribution in [1.29, 1.82) is 0 Å². The van der Waals surface area contributed by atoms with E-state index in [1.54, 1.807) is 12.1 Å². The number of thiocarbonyl (C=S) groups is 1. The summed E-state index contributed by atoms with van der Waals surface area (Å²) in [6.07, 6.45) is 1.43. The molecule has 0 aliphatic rings. The van der Waals surface area contributed by atoms with Crippen LogP contribution in [0, 0.1) is 13.8 Å². The standard InChI is InChI=1S/C14H15N3O2S/c1-9-5-6-11(8-10(9)2)15-14(20)17-16-13(18)12-4-3-7-19-12/h3-8H,1-2H3,(H,16,18)(H2,15,17,20). The van der Waals surface area contributed by atoms with Crippen LogP contribution in [0.3, 0.4) is 0 Å². The van der Waals surface area contributed by atoms with Gasteiger partial charge in [0.15, 0.2) is 10.9 Å². The molecular formula is C14H15N3O2S. The first-order chi connectivity index (χ1) is 9.56. The molecule has 1 aromatic carbocycles. The van der Waals surface area contributed by atoms with Crippen LogP contribution < -0.4 is 16.2 Å². The predicted octanol–water partition coefficient (Wildman–Crippen LogP) is 2.53. The van der Waals surface area contributed by atoms with Crippen LogP contribution >= 0.6 is 12.2 Å². The number of anilines is 1. The molecule has 0 spiro atoms. The van der Waals surface area contributed by atoms with E-state index in [9.17, 15) is 4.79 Å². The molecular weight excluding hydrogens is 274 g/mol. The highest BCUT2D eigenvalue weighted by Crippen LogP contribution is 2.13. The minimum Gasteiger partial charge on any atom is -0.459 e. The predicted molar refractivity (Wildman–Crippen MR) is 81.4 cm³/mol. The Labute approximate surface area is 122 Å². The number of nitrogens with one attached hydrogen (secondary N) is 3. The topological polar surface area (TPSA) is 66.3 Å². The van der Waals surface area contributed by atoms with E-state index in [1.165, 1.54) is 11.8 Å². The highest BCUT2D eigenvalue weighted by Gasteiger charge is 2.08. The van der Waals surface area contributed by atoms with Gasteiger partial charge in [0.1, 0.15) is 0 Å². The van der Waals surface area contributed by atoms with Crippen LogP contribution in [-0.4, -0.2) is 11.0 Å². The summed E-state index contributed by atoms with van der Waals surface area (Å²) < 4.78 is 4.96. The summed E-state index contributed by atoms with van der Waals surface area (Å²) >= 11 is 5.09. The van der Waals surface area contributed by atoms with Gasteiger partial charge in [-0.05, 0) is 61.5 Å². The zero-order chi connectivity index (χ0) is 14.5. The molecule has 0 radical (unpaired) electrons. The van der Waals surface area contributed by atoms with Gasteiger partial charge < -0.3 is 9.73 Å². The normalized spacial score (nSPS) is 9.90. The van der Waals surface area contributed by atoms with Crippen molar-refractivity contribution in [1.82, 2.24) is 10.9 Å². The summed E-state index contributed by atoms with van der Waals surface area (Å²) in [6, 6.07) is 9.11. The number of hydrogen-bond donors (Lipinski definition) is 3. The number of carbonyl (C=O) groups is 1. The SMILES string of the molecule is Cc1ccc(NC(=S)NNC(=O)c2ccco2)cc1C. The largest absolute Gasteiger partial charge is 0.459 e.